The van der Waals surface area contributed by atoms with Crippen LogP contribution in [0, 0.1) is 6.92 Å². The van der Waals surface area contributed by atoms with Gasteiger partial charge in [0, 0.05) is 11.7 Å². The molecule has 0 aliphatic heterocycles. The zero-order valence-electron chi connectivity index (χ0n) is 9.57. The van der Waals surface area contributed by atoms with Crippen molar-refractivity contribution in [1.29, 1.82) is 0 Å². The van der Waals surface area contributed by atoms with Gasteiger partial charge in [-0.15, -0.1) is 12.4 Å². The van der Waals surface area contributed by atoms with Gasteiger partial charge in [-0.25, -0.2) is 0 Å². The fourth-order valence-electron chi connectivity index (χ4n) is 1.53. The molecule has 0 fully saturated rings. The molecule has 0 amide bonds. The first-order valence-electron chi connectivity index (χ1n) is 5.43. The Balaban J connectivity index is 0.00000196. The summed E-state index contributed by atoms with van der Waals surface area (Å²) >= 11 is 0. The highest BCUT2D eigenvalue weighted by Gasteiger charge is 2.06. The Morgan fingerprint density at radius 2 is 2.07 bits per heavy atom. The van der Waals surface area contributed by atoms with Gasteiger partial charge in [-0.3, -0.25) is 4.98 Å². The Labute approximate surface area is 98.7 Å². The molecule has 1 atom stereocenters. The van der Waals surface area contributed by atoms with E-state index in [2.05, 4.69) is 11.9 Å². The minimum atomic E-state index is 0. The summed E-state index contributed by atoms with van der Waals surface area (Å²) in [6.07, 6.45) is 4.76. The maximum absolute atomic E-state index is 6.04. The number of aryl methyl sites for hydroxylation is 1. The Bertz CT molecular complexity index is 276. The average molecular weight is 229 g/mol. The van der Waals surface area contributed by atoms with Gasteiger partial charge in [-0.1, -0.05) is 32.3 Å². The molecule has 2 N–H and O–H groups in total. The fraction of sp³-hybridized carbons (Fsp3) is 0.583. The maximum atomic E-state index is 6.04. The summed E-state index contributed by atoms with van der Waals surface area (Å²) in [4.78, 5) is 4.43. The van der Waals surface area contributed by atoms with Crippen LogP contribution in [0.3, 0.4) is 0 Å². The summed E-state index contributed by atoms with van der Waals surface area (Å²) in [5.41, 5.74) is 8.12. The summed E-state index contributed by atoms with van der Waals surface area (Å²) in [5.74, 6) is 0. The second kappa shape index (κ2) is 7.66. The first kappa shape index (κ1) is 14.4. The molecule has 0 aliphatic carbocycles. The zero-order chi connectivity index (χ0) is 10.4. The topological polar surface area (TPSA) is 38.9 Å². The van der Waals surface area contributed by atoms with E-state index in [0.717, 1.165) is 17.8 Å². The number of pyridine rings is 1. The lowest BCUT2D eigenvalue weighted by Gasteiger charge is -2.10. The summed E-state index contributed by atoms with van der Waals surface area (Å²) in [6, 6.07) is 6.16. The van der Waals surface area contributed by atoms with Crippen molar-refractivity contribution >= 4 is 12.4 Å². The van der Waals surface area contributed by atoms with Crippen molar-refractivity contribution in [2.75, 3.05) is 0 Å². The molecule has 0 aromatic carbocycles. The Morgan fingerprint density at radius 1 is 1.33 bits per heavy atom. The van der Waals surface area contributed by atoms with E-state index in [1.165, 1.54) is 19.3 Å². The van der Waals surface area contributed by atoms with Gasteiger partial charge in [0.2, 0.25) is 0 Å². The van der Waals surface area contributed by atoms with Gasteiger partial charge in [0.1, 0.15) is 0 Å². The van der Waals surface area contributed by atoms with Crippen molar-refractivity contribution in [2.45, 2.75) is 45.6 Å². The monoisotopic (exact) mass is 228 g/mol. The van der Waals surface area contributed by atoms with E-state index < -0.39 is 0 Å². The van der Waals surface area contributed by atoms with Crippen molar-refractivity contribution in [1.82, 2.24) is 4.98 Å². The van der Waals surface area contributed by atoms with Gasteiger partial charge in [0.25, 0.3) is 0 Å². The Hall–Kier alpha value is -0.600. The third-order valence-electron chi connectivity index (χ3n) is 2.41. The summed E-state index contributed by atoms with van der Waals surface area (Å²) < 4.78 is 0. The number of hydrogen-bond donors (Lipinski definition) is 1. The van der Waals surface area contributed by atoms with Crippen LogP contribution < -0.4 is 5.73 Å². The van der Waals surface area contributed by atoms with Gasteiger partial charge in [-0.05, 0) is 25.5 Å². The molecule has 15 heavy (non-hydrogen) atoms. The minimum Gasteiger partial charge on any atom is -0.323 e. The van der Waals surface area contributed by atoms with Crippen LogP contribution in [-0.4, -0.2) is 4.98 Å². The van der Waals surface area contributed by atoms with Crippen LogP contribution in [0.4, 0.5) is 0 Å². The predicted octanol–water partition coefficient (Wildman–Crippen LogP) is 3.39. The standard InChI is InChI=1S/C12H20N2.ClH/c1-3-4-5-8-11(13)12-9-6-7-10(2)14-12;/h6-7,9,11H,3-5,8,13H2,1-2H3;1H. The van der Waals surface area contributed by atoms with Crippen LogP contribution in [0.25, 0.3) is 0 Å². The third kappa shape index (κ3) is 5.14. The zero-order valence-corrected chi connectivity index (χ0v) is 10.4. The molecule has 2 nitrogen and oxygen atoms in total. The second-order valence-corrected chi connectivity index (χ2v) is 3.81. The average Bonchev–Trinajstić information content (AvgIpc) is 2.18. The largest absolute Gasteiger partial charge is 0.323 e. The summed E-state index contributed by atoms with van der Waals surface area (Å²) in [7, 11) is 0. The number of nitrogens with two attached hydrogens (primary N) is 1. The highest BCUT2D eigenvalue weighted by atomic mass is 35.5. The van der Waals surface area contributed by atoms with Crippen molar-refractivity contribution in [2.24, 2.45) is 5.73 Å². The van der Waals surface area contributed by atoms with E-state index in [1.54, 1.807) is 0 Å². The van der Waals surface area contributed by atoms with E-state index in [0.29, 0.717) is 0 Å². The van der Waals surface area contributed by atoms with Crippen molar-refractivity contribution < 1.29 is 0 Å². The van der Waals surface area contributed by atoms with Gasteiger partial charge in [-0.2, -0.15) is 0 Å². The van der Waals surface area contributed by atoms with E-state index in [-0.39, 0.29) is 18.4 Å². The normalized spacial score (nSPS) is 11.9. The molecule has 3 heteroatoms. The Morgan fingerprint density at radius 3 is 2.67 bits per heavy atom. The van der Waals surface area contributed by atoms with Gasteiger partial charge in [0.05, 0.1) is 5.69 Å². The number of rotatable bonds is 5. The predicted molar refractivity (Wildman–Crippen MR) is 67.3 cm³/mol. The quantitative estimate of drug-likeness (QED) is 0.785. The lowest BCUT2D eigenvalue weighted by molar-refractivity contribution is 0.570. The van der Waals surface area contributed by atoms with Gasteiger partial charge in [0.15, 0.2) is 0 Å². The van der Waals surface area contributed by atoms with Crippen molar-refractivity contribution in [3.63, 3.8) is 0 Å². The molecular weight excluding hydrogens is 208 g/mol. The van der Waals surface area contributed by atoms with Crippen molar-refractivity contribution in [3.8, 4) is 0 Å². The molecule has 1 unspecified atom stereocenters. The van der Waals surface area contributed by atoms with Crippen LogP contribution in [-0.2, 0) is 0 Å². The molecule has 1 heterocycles. The number of hydrogen-bond acceptors (Lipinski definition) is 2. The maximum Gasteiger partial charge on any atom is 0.0574 e. The smallest absolute Gasteiger partial charge is 0.0574 e. The van der Waals surface area contributed by atoms with E-state index in [1.807, 2.05) is 25.1 Å². The molecule has 86 valence electrons. The molecule has 0 radical (unpaired) electrons. The fourth-order valence-corrected chi connectivity index (χ4v) is 1.53. The lowest BCUT2D eigenvalue weighted by atomic mass is 10.1. The molecule has 0 saturated heterocycles. The van der Waals surface area contributed by atoms with Crippen LogP contribution >= 0.6 is 12.4 Å². The van der Waals surface area contributed by atoms with Crippen molar-refractivity contribution in [3.05, 3.63) is 29.6 Å². The molecule has 1 rings (SSSR count). The van der Waals surface area contributed by atoms with E-state index in [9.17, 15) is 0 Å². The highest BCUT2D eigenvalue weighted by Crippen LogP contribution is 2.15. The van der Waals surface area contributed by atoms with Gasteiger partial charge >= 0.3 is 0 Å². The molecule has 1 aromatic heterocycles. The lowest BCUT2D eigenvalue weighted by Crippen LogP contribution is -2.12. The molecule has 0 bridgehead atoms. The number of nitrogens with zero attached hydrogens (tertiary/aromatic N) is 1. The summed E-state index contributed by atoms with van der Waals surface area (Å²) in [6.45, 7) is 4.21. The Kier molecular flexibility index (Phi) is 7.35. The molecule has 0 spiro atoms. The van der Waals surface area contributed by atoms with Crippen LogP contribution in [0.2, 0.25) is 0 Å². The van der Waals surface area contributed by atoms with Crippen LogP contribution in [0.1, 0.15) is 50.0 Å². The molecule has 1 aromatic rings. The van der Waals surface area contributed by atoms with E-state index >= 15 is 0 Å². The number of unbranched alkanes of at least 4 members (excludes halogenated alkanes) is 2. The SMILES string of the molecule is CCCCCC(N)c1cccc(C)n1.Cl. The van der Waals surface area contributed by atoms with E-state index in [4.69, 9.17) is 5.73 Å². The highest BCUT2D eigenvalue weighted by molar-refractivity contribution is 5.85. The first-order valence-corrected chi connectivity index (χ1v) is 5.43. The van der Waals surface area contributed by atoms with Crippen LogP contribution in [0.15, 0.2) is 18.2 Å². The molecule has 0 aliphatic rings. The molecule has 0 saturated carbocycles. The van der Waals surface area contributed by atoms with Crippen LogP contribution in [0.5, 0.6) is 0 Å². The third-order valence-corrected chi connectivity index (χ3v) is 2.41. The summed E-state index contributed by atoms with van der Waals surface area (Å²) in [5, 5.41) is 0. The number of aromatic nitrogens is 1. The number of halogens is 1. The second-order valence-electron chi connectivity index (χ2n) is 3.81. The minimum absolute atomic E-state index is 0. The molecular formula is C12H21ClN2. The first-order chi connectivity index (χ1) is 6.74. The van der Waals surface area contributed by atoms with Gasteiger partial charge < -0.3 is 5.73 Å².